The van der Waals surface area contributed by atoms with Crippen LogP contribution in [-0.4, -0.2) is 33.2 Å². The predicted octanol–water partition coefficient (Wildman–Crippen LogP) is 3.79. The van der Waals surface area contributed by atoms with E-state index in [2.05, 4.69) is 10.3 Å². The Kier molecular flexibility index (Phi) is 7.24. The van der Waals surface area contributed by atoms with Gasteiger partial charge in [-0.1, -0.05) is 12.1 Å². The Labute approximate surface area is 182 Å². The minimum Gasteiger partial charge on any atom is -0.490 e. The molecule has 0 atom stereocenters. The minimum atomic E-state index is -0.502. The van der Waals surface area contributed by atoms with Crippen molar-refractivity contribution in [2.75, 3.05) is 12.9 Å². The number of imidazole rings is 1. The van der Waals surface area contributed by atoms with E-state index in [4.69, 9.17) is 4.74 Å². The van der Waals surface area contributed by atoms with Gasteiger partial charge in [0, 0.05) is 30.8 Å². The fraction of sp³-hybridized carbons (Fsp3) is 0.238. The molecular weight excluding hydrogens is 423 g/mol. The number of nitrogens with one attached hydrogen (secondary N) is 1. The van der Waals surface area contributed by atoms with E-state index in [0.29, 0.717) is 22.8 Å². The van der Waals surface area contributed by atoms with Crippen molar-refractivity contribution < 1.29 is 18.8 Å². The first kappa shape index (κ1) is 22.3. The molecule has 10 heteroatoms. The number of aromatic nitrogens is 2. The van der Waals surface area contributed by atoms with E-state index in [-0.39, 0.29) is 29.6 Å². The number of nitro benzene ring substituents is 1. The molecule has 0 radical (unpaired) electrons. The molecule has 1 aromatic heterocycles. The van der Waals surface area contributed by atoms with Crippen LogP contribution in [0.4, 0.5) is 10.1 Å². The number of amides is 1. The molecule has 0 aliphatic rings. The van der Waals surface area contributed by atoms with E-state index >= 15 is 0 Å². The maximum atomic E-state index is 14.4. The molecule has 162 valence electrons. The van der Waals surface area contributed by atoms with Crippen molar-refractivity contribution in [3.05, 3.63) is 81.7 Å². The summed E-state index contributed by atoms with van der Waals surface area (Å²) in [6.07, 6.45) is 3.29. The highest BCUT2D eigenvalue weighted by atomic mass is 32.2. The molecule has 0 spiro atoms. The lowest BCUT2D eigenvalue weighted by Gasteiger charge is -2.10. The van der Waals surface area contributed by atoms with Gasteiger partial charge >= 0.3 is 5.69 Å². The van der Waals surface area contributed by atoms with Gasteiger partial charge in [-0.2, -0.15) is 0 Å². The van der Waals surface area contributed by atoms with Gasteiger partial charge in [0.2, 0.25) is 5.91 Å². The number of thioether (sulfide) groups is 1. The van der Waals surface area contributed by atoms with Gasteiger partial charge in [-0.05, 0) is 36.2 Å². The van der Waals surface area contributed by atoms with Gasteiger partial charge < -0.3 is 14.6 Å². The minimum absolute atomic E-state index is 0.110. The molecule has 0 saturated heterocycles. The molecule has 1 amide bonds. The second-order valence-corrected chi connectivity index (χ2v) is 7.65. The van der Waals surface area contributed by atoms with E-state index in [0.717, 1.165) is 5.56 Å². The van der Waals surface area contributed by atoms with Gasteiger partial charge in [-0.3, -0.25) is 14.9 Å². The lowest BCUT2D eigenvalue weighted by molar-refractivity contribution is -0.385. The third-order valence-electron chi connectivity index (χ3n) is 4.53. The highest BCUT2D eigenvalue weighted by Crippen LogP contribution is 2.29. The number of nitrogens with zero attached hydrogens (tertiary/aromatic N) is 3. The number of carbonyl (C=O) groups is 1. The Morgan fingerprint density at radius 2 is 2.06 bits per heavy atom. The molecule has 3 aromatic rings. The first-order valence-electron chi connectivity index (χ1n) is 9.33. The first-order valence-corrected chi connectivity index (χ1v) is 10.5. The summed E-state index contributed by atoms with van der Waals surface area (Å²) in [6, 6.07) is 9.49. The molecule has 0 aliphatic heterocycles. The smallest absolute Gasteiger partial charge is 0.311 e. The number of halogens is 1. The van der Waals surface area contributed by atoms with Crippen LogP contribution in [0, 0.1) is 22.9 Å². The van der Waals surface area contributed by atoms with Crippen LogP contribution in [0.2, 0.25) is 0 Å². The summed E-state index contributed by atoms with van der Waals surface area (Å²) in [4.78, 5) is 26.8. The van der Waals surface area contributed by atoms with Crippen molar-refractivity contribution in [1.29, 1.82) is 0 Å². The maximum Gasteiger partial charge on any atom is 0.311 e. The predicted molar refractivity (Wildman–Crippen MR) is 116 cm³/mol. The lowest BCUT2D eigenvalue weighted by atomic mass is 10.2. The average molecular weight is 444 g/mol. The number of hydrogen-bond acceptors (Lipinski definition) is 6. The van der Waals surface area contributed by atoms with E-state index in [1.54, 1.807) is 42.1 Å². The van der Waals surface area contributed by atoms with Crippen molar-refractivity contribution in [2.24, 2.45) is 0 Å². The maximum absolute atomic E-state index is 14.4. The summed E-state index contributed by atoms with van der Waals surface area (Å²) in [5, 5.41) is 13.8. The zero-order chi connectivity index (χ0) is 22.4. The molecule has 0 unspecified atom stereocenters. The largest absolute Gasteiger partial charge is 0.490 e. The van der Waals surface area contributed by atoms with Gasteiger partial charge in [0.15, 0.2) is 5.75 Å². The van der Waals surface area contributed by atoms with Gasteiger partial charge in [0.05, 0.1) is 23.5 Å². The second-order valence-electron chi connectivity index (χ2n) is 6.66. The molecule has 0 bridgehead atoms. The number of aryl methyl sites for hydroxylation is 1. The SMILES string of the molecule is COc1ccc(CSCC(=O)NCc2ccc(-n3ccnc3C)c(F)c2)cc1[N+](=O)[O-]. The standard InChI is InChI=1S/C21H21FN4O4S/c1-14-23-7-8-25(14)18-5-3-15(9-17(18)22)11-24-21(27)13-31-12-16-4-6-20(30-2)19(10-16)26(28)29/h3-10H,11-13H2,1-2H3,(H,24,27). The summed E-state index contributed by atoms with van der Waals surface area (Å²) in [5.41, 5.74) is 1.65. The Bertz CT molecular complexity index is 1100. The summed E-state index contributed by atoms with van der Waals surface area (Å²) >= 11 is 1.33. The zero-order valence-corrected chi connectivity index (χ0v) is 17.8. The van der Waals surface area contributed by atoms with Crippen molar-refractivity contribution in [1.82, 2.24) is 14.9 Å². The van der Waals surface area contributed by atoms with Crippen LogP contribution in [0.25, 0.3) is 5.69 Å². The summed E-state index contributed by atoms with van der Waals surface area (Å²) in [5.74, 6) is 0.879. The molecule has 1 N–H and O–H groups in total. The number of benzene rings is 2. The fourth-order valence-corrected chi connectivity index (χ4v) is 3.77. The van der Waals surface area contributed by atoms with Crippen molar-refractivity contribution in [3.8, 4) is 11.4 Å². The summed E-state index contributed by atoms with van der Waals surface area (Å²) in [6.45, 7) is 1.99. The van der Waals surface area contributed by atoms with Crippen LogP contribution >= 0.6 is 11.8 Å². The Morgan fingerprint density at radius 1 is 1.29 bits per heavy atom. The van der Waals surface area contributed by atoms with Gasteiger partial charge in [0.25, 0.3) is 0 Å². The molecule has 3 rings (SSSR count). The highest BCUT2D eigenvalue weighted by molar-refractivity contribution is 7.99. The Balaban J connectivity index is 1.50. The van der Waals surface area contributed by atoms with Gasteiger partial charge in [-0.15, -0.1) is 11.8 Å². The summed E-state index contributed by atoms with van der Waals surface area (Å²) in [7, 11) is 1.37. The Morgan fingerprint density at radius 3 is 2.71 bits per heavy atom. The molecule has 1 heterocycles. The second kappa shape index (κ2) is 10.1. The van der Waals surface area contributed by atoms with E-state index in [9.17, 15) is 19.3 Å². The molecule has 31 heavy (non-hydrogen) atoms. The van der Waals surface area contributed by atoms with Crippen LogP contribution in [0.1, 0.15) is 17.0 Å². The molecule has 8 nitrogen and oxygen atoms in total. The molecule has 0 saturated carbocycles. The van der Waals surface area contributed by atoms with Crippen LogP contribution in [0.3, 0.4) is 0 Å². The van der Waals surface area contributed by atoms with Crippen molar-refractivity contribution in [2.45, 2.75) is 19.2 Å². The highest BCUT2D eigenvalue weighted by Gasteiger charge is 2.15. The van der Waals surface area contributed by atoms with Crippen molar-refractivity contribution >= 4 is 23.4 Å². The summed E-state index contributed by atoms with van der Waals surface area (Å²) < 4.78 is 21.1. The Hall–Kier alpha value is -3.40. The number of hydrogen-bond donors (Lipinski definition) is 1. The topological polar surface area (TPSA) is 99.3 Å². The number of ether oxygens (including phenoxy) is 1. The zero-order valence-electron chi connectivity index (χ0n) is 17.0. The van der Waals surface area contributed by atoms with Crippen molar-refractivity contribution in [3.63, 3.8) is 0 Å². The van der Waals surface area contributed by atoms with Crippen LogP contribution in [0.5, 0.6) is 5.75 Å². The third kappa shape index (κ3) is 5.60. The normalized spacial score (nSPS) is 10.7. The van der Waals surface area contributed by atoms with Crippen LogP contribution < -0.4 is 10.1 Å². The number of rotatable bonds is 9. The molecular formula is C21H21FN4O4S. The van der Waals surface area contributed by atoms with E-state index in [1.165, 1.54) is 37.1 Å². The molecule has 0 fully saturated rings. The number of carbonyl (C=O) groups excluding carboxylic acids is 1. The van der Waals surface area contributed by atoms with E-state index < -0.39 is 10.7 Å². The third-order valence-corrected chi connectivity index (χ3v) is 5.53. The van der Waals surface area contributed by atoms with Crippen LogP contribution in [-0.2, 0) is 17.1 Å². The van der Waals surface area contributed by atoms with Gasteiger partial charge in [-0.25, -0.2) is 9.37 Å². The van der Waals surface area contributed by atoms with Gasteiger partial charge in [0.1, 0.15) is 11.6 Å². The monoisotopic (exact) mass is 444 g/mol. The van der Waals surface area contributed by atoms with E-state index in [1.807, 2.05) is 0 Å². The molecule has 0 aliphatic carbocycles. The number of nitro groups is 1. The fourth-order valence-electron chi connectivity index (χ4n) is 2.97. The first-order chi connectivity index (χ1) is 14.9. The number of methoxy groups -OCH3 is 1. The lowest BCUT2D eigenvalue weighted by Crippen LogP contribution is -2.24. The van der Waals surface area contributed by atoms with Crippen LogP contribution in [0.15, 0.2) is 48.8 Å². The average Bonchev–Trinajstić information content (AvgIpc) is 3.17. The molecule has 2 aromatic carbocycles. The quantitative estimate of drug-likeness (QED) is 0.398.